The summed E-state index contributed by atoms with van der Waals surface area (Å²) in [4.78, 5) is 23.5. The van der Waals surface area contributed by atoms with Gasteiger partial charge in [-0.25, -0.2) is 4.79 Å². The van der Waals surface area contributed by atoms with Gasteiger partial charge in [0.15, 0.2) is 0 Å². The van der Waals surface area contributed by atoms with Crippen molar-refractivity contribution >= 4 is 17.3 Å². The van der Waals surface area contributed by atoms with Crippen LogP contribution in [0.4, 0.5) is 11.4 Å². The summed E-state index contributed by atoms with van der Waals surface area (Å²) in [5.74, 6) is -1.06. The number of nitro benzene ring substituents is 1. The minimum atomic E-state index is -1.06. The zero-order valence-corrected chi connectivity index (χ0v) is 10.5. The Morgan fingerprint density at radius 3 is 2.37 bits per heavy atom. The van der Waals surface area contributed by atoms with Gasteiger partial charge in [-0.3, -0.25) is 10.1 Å². The van der Waals surface area contributed by atoms with E-state index in [1.807, 2.05) is 4.90 Å². The van der Waals surface area contributed by atoms with Gasteiger partial charge in [0.05, 0.1) is 10.5 Å². The Morgan fingerprint density at radius 2 is 1.84 bits per heavy atom. The van der Waals surface area contributed by atoms with Crippen LogP contribution in [0.25, 0.3) is 0 Å². The summed E-state index contributed by atoms with van der Waals surface area (Å²) in [6.07, 6.45) is 4.19. The first kappa shape index (κ1) is 13.3. The molecule has 0 amide bonds. The molecular formula is C13H16N2O4. The summed E-state index contributed by atoms with van der Waals surface area (Å²) in [5.41, 5.74) is 0.489. The lowest BCUT2D eigenvalue weighted by Crippen LogP contribution is -2.25. The van der Waals surface area contributed by atoms with E-state index < -0.39 is 10.9 Å². The molecule has 0 aliphatic carbocycles. The monoisotopic (exact) mass is 264 g/mol. The van der Waals surface area contributed by atoms with Gasteiger partial charge in [-0.2, -0.15) is 0 Å². The van der Waals surface area contributed by atoms with E-state index in [1.54, 1.807) is 0 Å². The Labute approximate surface area is 110 Å². The van der Waals surface area contributed by atoms with Crippen molar-refractivity contribution in [1.82, 2.24) is 0 Å². The van der Waals surface area contributed by atoms with Crippen LogP contribution in [-0.4, -0.2) is 29.1 Å². The SMILES string of the molecule is O=C(O)c1ccc([N+](=O)[O-])c(N2CCCCCC2)c1. The van der Waals surface area contributed by atoms with Crippen LogP contribution in [0, 0.1) is 10.1 Å². The van der Waals surface area contributed by atoms with Crippen LogP contribution in [0.3, 0.4) is 0 Å². The van der Waals surface area contributed by atoms with E-state index in [2.05, 4.69) is 0 Å². The molecule has 1 saturated heterocycles. The van der Waals surface area contributed by atoms with Crippen molar-refractivity contribution < 1.29 is 14.8 Å². The predicted octanol–water partition coefficient (Wildman–Crippen LogP) is 2.67. The first-order valence-corrected chi connectivity index (χ1v) is 6.36. The second-order valence-corrected chi connectivity index (χ2v) is 4.67. The van der Waals surface area contributed by atoms with Gasteiger partial charge in [-0.05, 0) is 25.0 Å². The number of nitro groups is 1. The quantitative estimate of drug-likeness (QED) is 0.670. The van der Waals surface area contributed by atoms with Gasteiger partial charge in [-0.1, -0.05) is 12.8 Å². The number of nitrogens with zero attached hydrogens (tertiary/aromatic N) is 2. The molecule has 0 unspecified atom stereocenters. The normalized spacial score (nSPS) is 15.9. The van der Waals surface area contributed by atoms with Gasteiger partial charge in [0.25, 0.3) is 5.69 Å². The van der Waals surface area contributed by atoms with Crippen LogP contribution < -0.4 is 4.90 Å². The summed E-state index contributed by atoms with van der Waals surface area (Å²) in [6, 6.07) is 3.97. The van der Waals surface area contributed by atoms with Crippen molar-refractivity contribution in [3.63, 3.8) is 0 Å². The number of carbonyl (C=O) groups is 1. The maximum absolute atomic E-state index is 11.1. The summed E-state index contributed by atoms with van der Waals surface area (Å²) < 4.78 is 0. The van der Waals surface area contributed by atoms with E-state index in [0.29, 0.717) is 5.69 Å². The van der Waals surface area contributed by atoms with E-state index in [-0.39, 0.29) is 11.3 Å². The minimum absolute atomic E-state index is 0.0214. The molecule has 0 radical (unpaired) electrons. The van der Waals surface area contributed by atoms with Crippen LogP contribution in [0.15, 0.2) is 18.2 Å². The second kappa shape index (κ2) is 5.69. The third-order valence-corrected chi connectivity index (χ3v) is 3.37. The van der Waals surface area contributed by atoms with Gasteiger partial charge in [0.1, 0.15) is 5.69 Å². The van der Waals surface area contributed by atoms with E-state index in [1.165, 1.54) is 18.2 Å². The fourth-order valence-corrected chi connectivity index (χ4v) is 2.38. The van der Waals surface area contributed by atoms with Gasteiger partial charge >= 0.3 is 5.97 Å². The van der Waals surface area contributed by atoms with Crippen molar-refractivity contribution in [2.24, 2.45) is 0 Å². The molecule has 6 heteroatoms. The van der Waals surface area contributed by atoms with Crippen LogP contribution in [-0.2, 0) is 0 Å². The standard InChI is InChI=1S/C13H16N2O4/c16-13(17)10-5-6-11(15(18)19)12(9-10)14-7-3-1-2-4-8-14/h5-6,9H,1-4,7-8H2,(H,16,17). The predicted molar refractivity (Wildman–Crippen MR) is 70.7 cm³/mol. The molecule has 0 saturated carbocycles. The fourth-order valence-electron chi connectivity index (χ4n) is 2.38. The molecule has 0 aromatic heterocycles. The maximum atomic E-state index is 11.1. The van der Waals surface area contributed by atoms with Crippen molar-refractivity contribution in [2.75, 3.05) is 18.0 Å². The Bertz CT molecular complexity index is 493. The van der Waals surface area contributed by atoms with Gasteiger partial charge in [-0.15, -0.1) is 0 Å². The Hall–Kier alpha value is -2.11. The first-order chi connectivity index (χ1) is 9.09. The number of carboxylic acids is 1. The van der Waals surface area contributed by atoms with E-state index in [4.69, 9.17) is 5.11 Å². The molecule has 0 atom stereocenters. The number of benzene rings is 1. The highest BCUT2D eigenvalue weighted by Gasteiger charge is 2.22. The number of hydrogen-bond acceptors (Lipinski definition) is 4. The lowest BCUT2D eigenvalue weighted by Gasteiger charge is -2.22. The zero-order chi connectivity index (χ0) is 13.8. The van der Waals surface area contributed by atoms with E-state index in [9.17, 15) is 14.9 Å². The molecule has 1 aromatic rings. The van der Waals surface area contributed by atoms with Crippen molar-refractivity contribution in [3.8, 4) is 0 Å². The average Bonchev–Trinajstić information content (AvgIpc) is 2.66. The summed E-state index contributed by atoms with van der Waals surface area (Å²) in [7, 11) is 0. The molecule has 6 nitrogen and oxygen atoms in total. The molecule has 1 N–H and O–H groups in total. The van der Waals surface area contributed by atoms with Crippen LogP contribution in [0.2, 0.25) is 0 Å². The lowest BCUT2D eigenvalue weighted by molar-refractivity contribution is -0.384. The van der Waals surface area contributed by atoms with Crippen molar-refractivity contribution in [2.45, 2.75) is 25.7 Å². The highest BCUT2D eigenvalue weighted by atomic mass is 16.6. The number of rotatable bonds is 3. The van der Waals surface area contributed by atoms with Gasteiger partial charge in [0.2, 0.25) is 0 Å². The number of carboxylic acid groups (broad SMARTS) is 1. The molecule has 2 rings (SSSR count). The summed E-state index contributed by atoms with van der Waals surface area (Å²) >= 11 is 0. The highest BCUT2D eigenvalue weighted by Crippen LogP contribution is 2.31. The molecule has 102 valence electrons. The minimum Gasteiger partial charge on any atom is -0.478 e. The molecule has 1 heterocycles. The molecule has 0 spiro atoms. The second-order valence-electron chi connectivity index (χ2n) is 4.67. The molecule has 1 aliphatic heterocycles. The largest absolute Gasteiger partial charge is 0.478 e. The molecule has 0 bridgehead atoms. The number of aromatic carboxylic acids is 1. The highest BCUT2D eigenvalue weighted by molar-refractivity contribution is 5.90. The van der Waals surface area contributed by atoms with Gasteiger partial charge in [0, 0.05) is 19.2 Å². The third kappa shape index (κ3) is 3.01. The van der Waals surface area contributed by atoms with Crippen molar-refractivity contribution in [3.05, 3.63) is 33.9 Å². The summed E-state index contributed by atoms with van der Waals surface area (Å²) in [6.45, 7) is 1.48. The molecular weight excluding hydrogens is 248 g/mol. The molecule has 19 heavy (non-hydrogen) atoms. The summed E-state index contributed by atoms with van der Waals surface area (Å²) in [5, 5.41) is 20.1. The lowest BCUT2D eigenvalue weighted by atomic mass is 10.1. The zero-order valence-electron chi connectivity index (χ0n) is 10.5. The third-order valence-electron chi connectivity index (χ3n) is 3.37. The molecule has 1 fully saturated rings. The fraction of sp³-hybridized carbons (Fsp3) is 0.462. The Balaban J connectivity index is 2.41. The average molecular weight is 264 g/mol. The van der Waals surface area contributed by atoms with Gasteiger partial charge < -0.3 is 10.0 Å². The first-order valence-electron chi connectivity index (χ1n) is 6.36. The molecule has 1 aliphatic rings. The van der Waals surface area contributed by atoms with Crippen LogP contribution >= 0.6 is 0 Å². The topological polar surface area (TPSA) is 83.7 Å². The smallest absolute Gasteiger partial charge is 0.335 e. The Morgan fingerprint density at radius 1 is 1.21 bits per heavy atom. The number of hydrogen-bond donors (Lipinski definition) is 1. The van der Waals surface area contributed by atoms with Crippen molar-refractivity contribution in [1.29, 1.82) is 0 Å². The maximum Gasteiger partial charge on any atom is 0.335 e. The number of anilines is 1. The molecule has 1 aromatic carbocycles. The van der Waals surface area contributed by atoms with Crippen LogP contribution in [0.1, 0.15) is 36.0 Å². The van der Waals surface area contributed by atoms with E-state index in [0.717, 1.165) is 38.8 Å². The Kier molecular flexibility index (Phi) is 3.99. The van der Waals surface area contributed by atoms with Crippen LogP contribution in [0.5, 0.6) is 0 Å². The van der Waals surface area contributed by atoms with E-state index >= 15 is 0 Å².